The molecule has 0 radical (unpaired) electrons. The van der Waals surface area contributed by atoms with E-state index < -0.39 is 6.16 Å². The Morgan fingerprint density at radius 3 is 1.02 bits per heavy atom. The molecule has 0 aromatic heterocycles. The minimum atomic E-state index is -0.774. The summed E-state index contributed by atoms with van der Waals surface area (Å²) in [5.74, 6) is 2.37. The van der Waals surface area contributed by atoms with Crippen molar-refractivity contribution in [2.45, 2.75) is 301 Å². The number of carbonyl (C=O) groups excluding carboxylic acids is 6. The van der Waals surface area contributed by atoms with Crippen LogP contribution in [0.5, 0.6) is 40.2 Å². The van der Waals surface area contributed by atoms with E-state index in [4.69, 9.17) is 28.4 Å². The van der Waals surface area contributed by atoms with Gasteiger partial charge in [0.1, 0.15) is 40.2 Å². The second-order valence-electron chi connectivity index (χ2n) is 36.5. The van der Waals surface area contributed by atoms with Gasteiger partial charge in [-0.15, -0.1) is 0 Å². The Labute approximate surface area is 708 Å². The lowest BCUT2D eigenvalue weighted by molar-refractivity contribution is -0.143. The molecule has 7 aromatic rings. The van der Waals surface area contributed by atoms with Gasteiger partial charge in [-0.1, -0.05) is 216 Å². The second kappa shape index (κ2) is 45.4. The lowest BCUT2D eigenvalue weighted by Crippen LogP contribution is -2.33. The number of rotatable bonds is 15. The van der Waals surface area contributed by atoms with E-state index >= 15 is 0 Å². The topological polar surface area (TPSA) is 245 Å². The molecule has 1 aliphatic heterocycles. The third kappa shape index (κ3) is 32.8. The molecule has 0 spiro atoms. The van der Waals surface area contributed by atoms with Gasteiger partial charge in [-0.3, -0.25) is 19.2 Å². The number of esters is 3. The number of nitrogens with zero attached hydrogens (tertiary/aromatic N) is 2. The third-order valence-corrected chi connectivity index (χ3v) is 20.0. The van der Waals surface area contributed by atoms with E-state index in [1.165, 1.54) is 16.7 Å². The summed E-state index contributed by atoms with van der Waals surface area (Å²) in [5.41, 5.74) is 19.7. The van der Waals surface area contributed by atoms with Gasteiger partial charge in [0.05, 0.1) is 45.5 Å². The van der Waals surface area contributed by atoms with Crippen LogP contribution in [0.2, 0.25) is 0 Å². The smallest absolute Gasteiger partial charge is 0.507 e. The highest BCUT2D eigenvalue weighted by molar-refractivity contribution is 5.82. The van der Waals surface area contributed by atoms with Crippen molar-refractivity contribution in [3.8, 4) is 40.2 Å². The molecule has 0 saturated carbocycles. The molecule has 0 bridgehead atoms. The van der Waals surface area contributed by atoms with Crippen LogP contribution in [0.15, 0.2) is 91.0 Å². The zero-order valence-electron chi connectivity index (χ0n) is 78.5. The fraction of sp³-hybridized carbons (Fsp3) is 0.520. The number of fused-ring (bicyclic) bond motifs is 1. The number of aryl methyl sites for hydroxylation is 10. The lowest BCUT2D eigenvalue weighted by atomic mass is 9.84. The van der Waals surface area contributed by atoms with Crippen molar-refractivity contribution in [1.29, 1.82) is 0 Å². The largest absolute Gasteiger partial charge is 0.513 e. The number of phenolic OH excluding ortho intramolecular Hbond substituents is 4. The molecule has 2 amide bonds. The first-order valence-electron chi connectivity index (χ1n) is 41.5. The number of amides is 2. The van der Waals surface area contributed by atoms with Gasteiger partial charge < -0.3 is 58.6 Å². The zero-order valence-corrected chi connectivity index (χ0v) is 78.5. The van der Waals surface area contributed by atoms with Crippen molar-refractivity contribution in [2.75, 3.05) is 46.0 Å². The minimum absolute atomic E-state index is 0.00541. The number of para-hydroxylation sites is 1. The summed E-state index contributed by atoms with van der Waals surface area (Å²) in [4.78, 5) is 73.9. The molecule has 0 saturated heterocycles. The van der Waals surface area contributed by atoms with Crippen LogP contribution < -0.4 is 14.2 Å². The molecule has 0 unspecified atom stereocenters. The maximum Gasteiger partial charge on any atom is 0.513 e. The average Bonchev–Trinajstić information content (AvgIpc) is 1.38. The molecule has 0 aliphatic carbocycles. The molecular formula is C100H146N2O16. The van der Waals surface area contributed by atoms with Crippen molar-refractivity contribution in [3.05, 3.63) is 202 Å². The highest BCUT2D eigenvalue weighted by Gasteiger charge is 2.28. The average molecular weight is 1630 g/mol. The standard InChI is InChI=1S/C18H26O5.2C17H27NO2.C15H22O3.C13H16O2.C12H18O.C8H10O/c1-7-21-15(19)11-13-10-14(18(4,5)6)9-12(3)16(13)23-17(20)22-8-2;1-8-18(9-2)16(19)20-15-12(3)10-14(11-13(15)4)17(5,6)7;1-7-18(8-2)15(19)11-13-10-14(17(4,5)6)9-12(3)16(13)20;1-6-18-13(16)9-11-8-12(15(3,4)5)7-10(2)14(11)17;1-8-5-10(13(2,3)4)6-9-7-11(14)15-12(8)9;1-8-6-10(12(3,4)5)7-9(2)11(8)13;1-6-4-3-5-7(2)8(6)9/h9-10H,7-8,11H2,1-6H3;10-11H,8-9H2,1-7H3;9-10,20H,7-8,11H2,1-6H3;7-8,17H,6,9H2,1-5H3;5-6H,7H2,1-4H3;6-7,13H,1-5H3;3-5,9H,1-2H3. The molecule has 4 N–H and O–H groups in total. The number of likely N-dealkylation sites (N-methyl/N-ethyl adjacent to an activating group) is 1. The molecule has 652 valence electrons. The van der Waals surface area contributed by atoms with E-state index in [9.17, 15) is 49.2 Å². The second-order valence-corrected chi connectivity index (χ2v) is 36.5. The Morgan fingerprint density at radius 1 is 0.356 bits per heavy atom. The van der Waals surface area contributed by atoms with Crippen LogP contribution in [0, 0.1) is 69.2 Å². The Bertz CT molecular complexity index is 4460. The van der Waals surface area contributed by atoms with Crippen LogP contribution in [-0.2, 0) is 91.6 Å². The van der Waals surface area contributed by atoms with E-state index in [-0.39, 0.29) is 99.8 Å². The molecule has 1 heterocycles. The minimum Gasteiger partial charge on any atom is -0.507 e. The van der Waals surface area contributed by atoms with E-state index in [1.54, 1.807) is 30.6 Å². The molecule has 0 fully saturated rings. The molecule has 8 rings (SSSR count). The Hall–Kier alpha value is -9.84. The Kier molecular flexibility index (Phi) is 40.1. The van der Waals surface area contributed by atoms with Crippen molar-refractivity contribution in [3.63, 3.8) is 0 Å². The lowest BCUT2D eigenvalue weighted by Gasteiger charge is -2.23. The zero-order chi connectivity index (χ0) is 90.8. The number of aromatic hydroxyl groups is 4. The number of phenols is 4. The van der Waals surface area contributed by atoms with Crippen LogP contribution in [0.1, 0.15) is 284 Å². The van der Waals surface area contributed by atoms with Gasteiger partial charge in [0.25, 0.3) is 0 Å². The summed E-state index contributed by atoms with van der Waals surface area (Å²) in [6, 6.07) is 29.9. The Morgan fingerprint density at radius 2 is 0.661 bits per heavy atom. The highest BCUT2D eigenvalue weighted by atomic mass is 16.7. The highest BCUT2D eigenvalue weighted by Crippen LogP contribution is 2.39. The third-order valence-electron chi connectivity index (χ3n) is 20.0. The van der Waals surface area contributed by atoms with Gasteiger partial charge in [-0.2, -0.15) is 0 Å². The molecule has 18 nitrogen and oxygen atoms in total. The van der Waals surface area contributed by atoms with E-state index in [2.05, 4.69) is 161 Å². The molecular weight excluding hydrogens is 1490 g/mol. The van der Waals surface area contributed by atoms with Crippen LogP contribution >= 0.6 is 0 Å². The van der Waals surface area contributed by atoms with Crippen LogP contribution in [0.4, 0.5) is 9.59 Å². The van der Waals surface area contributed by atoms with Gasteiger partial charge >= 0.3 is 30.2 Å². The van der Waals surface area contributed by atoms with E-state index in [1.807, 2.05) is 152 Å². The number of benzene rings is 7. The first-order valence-corrected chi connectivity index (χ1v) is 41.5. The number of carbonyl (C=O) groups is 6. The van der Waals surface area contributed by atoms with Crippen molar-refractivity contribution in [1.82, 2.24) is 9.80 Å². The molecule has 7 aromatic carbocycles. The molecule has 118 heavy (non-hydrogen) atoms. The number of hydrogen-bond acceptors (Lipinski definition) is 16. The van der Waals surface area contributed by atoms with Gasteiger partial charge in [0.15, 0.2) is 0 Å². The first kappa shape index (κ1) is 104. The van der Waals surface area contributed by atoms with Gasteiger partial charge in [-0.05, 0) is 239 Å². The van der Waals surface area contributed by atoms with Crippen molar-refractivity contribution >= 4 is 36.1 Å². The normalized spacial score (nSPS) is 11.7. The SMILES string of the molecule is CCN(CC)C(=O)Cc1cc(C(C)(C)C)cc(C)c1O.CCN(CC)C(=O)Oc1c(C)cc(C(C)(C)C)cc1C.CCOC(=O)Cc1cc(C(C)(C)C)cc(C)c1O.CCOC(=O)Cc1cc(C(C)(C)C)cc(C)c1OC(=O)OCC.Cc1cc(C(C)(C)C)cc(C)c1O.Cc1cc(C(C)(C)C)cc2c1OC(=O)C2.Cc1cccc(C)c1O. The summed E-state index contributed by atoms with van der Waals surface area (Å²) in [6.07, 6.45) is -0.204. The molecule has 1 aliphatic rings. The summed E-state index contributed by atoms with van der Waals surface area (Å²) in [7, 11) is 0. The van der Waals surface area contributed by atoms with E-state index in [0.717, 1.165) is 89.2 Å². The predicted octanol–water partition coefficient (Wildman–Crippen LogP) is 23.0. The van der Waals surface area contributed by atoms with Crippen LogP contribution in [-0.4, -0.2) is 112 Å². The van der Waals surface area contributed by atoms with Crippen LogP contribution in [0.3, 0.4) is 0 Å². The van der Waals surface area contributed by atoms with E-state index in [0.29, 0.717) is 79.9 Å². The van der Waals surface area contributed by atoms with Gasteiger partial charge in [0.2, 0.25) is 5.91 Å². The van der Waals surface area contributed by atoms with Gasteiger partial charge in [-0.25, -0.2) is 9.59 Å². The van der Waals surface area contributed by atoms with Crippen molar-refractivity contribution < 1.29 is 77.6 Å². The summed E-state index contributed by atoms with van der Waals surface area (Å²) in [6.45, 7) is 74.5. The Balaban J connectivity index is 0.000000473. The maximum atomic E-state index is 12.2. The molecule has 0 atom stereocenters. The fourth-order valence-corrected chi connectivity index (χ4v) is 12.5. The van der Waals surface area contributed by atoms with Gasteiger partial charge in [0, 0.05) is 48.4 Å². The predicted molar refractivity (Wildman–Crippen MR) is 480 cm³/mol. The molecule has 18 heteroatoms. The summed E-state index contributed by atoms with van der Waals surface area (Å²) < 4.78 is 30.8. The summed E-state index contributed by atoms with van der Waals surface area (Å²) >= 11 is 0. The van der Waals surface area contributed by atoms with Crippen molar-refractivity contribution in [2.24, 2.45) is 0 Å². The first-order chi connectivity index (χ1) is 54.2. The quantitative estimate of drug-likeness (QED) is 0.0323. The fourth-order valence-electron chi connectivity index (χ4n) is 12.5. The number of hydrogen-bond donors (Lipinski definition) is 4. The monoisotopic (exact) mass is 1630 g/mol. The number of ether oxygens (including phenoxy) is 6. The maximum absolute atomic E-state index is 12.2. The van der Waals surface area contributed by atoms with Crippen LogP contribution in [0.25, 0.3) is 0 Å². The summed E-state index contributed by atoms with van der Waals surface area (Å²) in [5, 5.41) is 39.0.